The highest BCUT2D eigenvalue weighted by Gasteiger charge is 2.26. The number of piperidine rings is 1. The fourth-order valence-corrected chi connectivity index (χ4v) is 2.10. The highest BCUT2D eigenvalue weighted by Crippen LogP contribution is 2.30. The zero-order valence-electron chi connectivity index (χ0n) is 8.46. The molecule has 0 amide bonds. The van der Waals surface area contributed by atoms with Crippen LogP contribution in [0.25, 0.3) is 0 Å². The van der Waals surface area contributed by atoms with E-state index in [-0.39, 0.29) is 12.4 Å². The van der Waals surface area contributed by atoms with Crippen LogP contribution < -0.4 is 5.32 Å². The molecule has 0 aromatic heterocycles. The smallest absolute Gasteiger partial charge is 0.0116 e. The first-order chi connectivity index (χ1) is 5.86. The highest BCUT2D eigenvalue weighted by atomic mass is 35.5. The van der Waals surface area contributed by atoms with Gasteiger partial charge in [0.1, 0.15) is 0 Å². The molecule has 78 valence electrons. The van der Waals surface area contributed by atoms with E-state index in [1.807, 2.05) is 0 Å². The molecule has 1 saturated carbocycles. The van der Waals surface area contributed by atoms with E-state index in [0.717, 1.165) is 12.0 Å². The first-order valence-corrected chi connectivity index (χ1v) is 5.27. The van der Waals surface area contributed by atoms with Gasteiger partial charge in [-0.05, 0) is 51.7 Å². The lowest BCUT2D eigenvalue weighted by molar-refractivity contribution is 0.192. The van der Waals surface area contributed by atoms with Gasteiger partial charge in [-0.2, -0.15) is 0 Å². The Bertz CT molecular complexity index is 142. The van der Waals surface area contributed by atoms with E-state index in [2.05, 4.69) is 17.3 Å². The summed E-state index contributed by atoms with van der Waals surface area (Å²) >= 11 is 0. The van der Waals surface area contributed by atoms with Gasteiger partial charge in [0.25, 0.3) is 0 Å². The van der Waals surface area contributed by atoms with Crippen LogP contribution in [0.15, 0.2) is 0 Å². The molecule has 0 spiro atoms. The van der Waals surface area contributed by atoms with Crippen LogP contribution in [0, 0.1) is 5.92 Å². The minimum Gasteiger partial charge on any atom is -0.317 e. The van der Waals surface area contributed by atoms with Crippen LogP contribution in [0.2, 0.25) is 0 Å². The summed E-state index contributed by atoms with van der Waals surface area (Å²) in [6, 6.07) is 0.867. The molecule has 2 nitrogen and oxygen atoms in total. The molecule has 1 heterocycles. The Hall–Kier alpha value is 0.210. The summed E-state index contributed by atoms with van der Waals surface area (Å²) in [4.78, 5) is 2.58. The van der Waals surface area contributed by atoms with E-state index in [4.69, 9.17) is 0 Å². The van der Waals surface area contributed by atoms with Crippen molar-refractivity contribution in [2.75, 3.05) is 26.7 Å². The Labute approximate surface area is 87.5 Å². The van der Waals surface area contributed by atoms with Crippen LogP contribution >= 0.6 is 12.4 Å². The van der Waals surface area contributed by atoms with Crippen molar-refractivity contribution in [3.8, 4) is 0 Å². The first kappa shape index (κ1) is 11.3. The average molecular weight is 205 g/mol. The minimum atomic E-state index is 0. The zero-order chi connectivity index (χ0) is 8.39. The Morgan fingerprint density at radius 2 is 1.77 bits per heavy atom. The van der Waals surface area contributed by atoms with Crippen molar-refractivity contribution in [2.24, 2.45) is 5.92 Å². The van der Waals surface area contributed by atoms with E-state index >= 15 is 0 Å². The summed E-state index contributed by atoms with van der Waals surface area (Å²) in [5.74, 6) is 1.05. The Kier molecular flexibility index (Phi) is 4.50. The number of halogens is 1. The van der Waals surface area contributed by atoms with Gasteiger partial charge in [-0.25, -0.2) is 0 Å². The predicted octanol–water partition coefficient (Wildman–Crippen LogP) is 1.50. The summed E-state index contributed by atoms with van der Waals surface area (Å²) in [5.41, 5.74) is 0. The lowest BCUT2D eigenvalue weighted by Crippen LogP contribution is -2.41. The lowest BCUT2D eigenvalue weighted by atomic mass is 10.1. The van der Waals surface area contributed by atoms with Crippen molar-refractivity contribution in [1.29, 1.82) is 0 Å². The van der Waals surface area contributed by atoms with Crippen molar-refractivity contribution >= 4 is 12.4 Å². The molecular formula is C10H21ClN2. The fraction of sp³-hybridized carbons (Fsp3) is 1.00. The first-order valence-electron chi connectivity index (χ1n) is 5.27. The quantitative estimate of drug-likeness (QED) is 0.750. The molecule has 0 aromatic carbocycles. The summed E-state index contributed by atoms with van der Waals surface area (Å²) in [5, 5.41) is 3.41. The standard InChI is InChI=1S/C10H20N2.ClH/c1-12(8-9-2-3-9)10-4-6-11-7-5-10;/h9-11H,2-8H2,1H3;1H. The maximum atomic E-state index is 3.41. The number of hydrogen-bond donors (Lipinski definition) is 1. The molecule has 2 aliphatic rings. The monoisotopic (exact) mass is 204 g/mol. The van der Waals surface area contributed by atoms with E-state index in [0.29, 0.717) is 0 Å². The van der Waals surface area contributed by atoms with Gasteiger partial charge < -0.3 is 10.2 Å². The zero-order valence-corrected chi connectivity index (χ0v) is 9.28. The summed E-state index contributed by atoms with van der Waals surface area (Å²) in [6.07, 6.45) is 5.66. The van der Waals surface area contributed by atoms with Crippen molar-refractivity contribution in [1.82, 2.24) is 10.2 Å². The second-order valence-corrected chi connectivity index (χ2v) is 4.36. The van der Waals surface area contributed by atoms with Crippen molar-refractivity contribution in [3.63, 3.8) is 0 Å². The van der Waals surface area contributed by atoms with E-state index in [1.165, 1.54) is 45.3 Å². The molecule has 0 bridgehead atoms. The van der Waals surface area contributed by atoms with Gasteiger partial charge in [-0.3, -0.25) is 0 Å². The molecule has 1 saturated heterocycles. The normalized spacial score (nSPS) is 24.5. The number of nitrogens with zero attached hydrogens (tertiary/aromatic N) is 1. The Balaban J connectivity index is 0.000000845. The molecule has 2 rings (SSSR count). The molecule has 0 radical (unpaired) electrons. The average Bonchev–Trinajstić information content (AvgIpc) is 2.90. The second kappa shape index (κ2) is 5.18. The van der Waals surface area contributed by atoms with Crippen LogP contribution in [0.1, 0.15) is 25.7 Å². The third-order valence-electron chi connectivity index (χ3n) is 3.18. The largest absolute Gasteiger partial charge is 0.317 e. The Morgan fingerprint density at radius 3 is 2.31 bits per heavy atom. The van der Waals surface area contributed by atoms with Gasteiger partial charge in [0.15, 0.2) is 0 Å². The number of nitrogens with one attached hydrogen (secondary N) is 1. The van der Waals surface area contributed by atoms with Gasteiger partial charge in [-0.15, -0.1) is 12.4 Å². The SMILES string of the molecule is CN(CC1CC1)C1CCNCC1.Cl. The van der Waals surface area contributed by atoms with Crippen molar-refractivity contribution in [2.45, 2.75) is 31.7 Å². The van der Waals surface area contributed by atoms with Gasteiger partial charge in [0.2, 0.25) is 0 Å². The van der Waals surface area contributed by atoms with Crippen LogP contribution in [-0.4, -0.2) is 37.6 Å². The van der Waals surface area contributed by atoms with Crippen molar-refractivity contribution in [3.05, 3.63) is 0 Å². The van der Waals surface area contributed by atoms with E-state index in [9.17, 15) is 0 Å². The van der Waals surface area contributed by atoms with E-state index < -0.39 is 0 Å². The van der Waals surface area contributed by atoms with Gasteiger partial charge in [0.05, 0.1) is 0 Å². The summed E-state index contributed by atoms with van der Waals surface area (Å²) in [7, 11) is 2.30. The molecule has 1 aliphatic heterocycles. The minimum absolute atomic E-state index is 0. The van der Waals surface area contributed by atoms with Crippen LogP contribution in [-0.2, 0) is 0 Å². The maximum absolute atomic E-state index is 3.41. The Morgan fingerprint density at radius 1 is 1.15 bits per heavy atom. The molecule has 2 fully saturated rings. The van der Waals surface area contributed by atoms with Crippen molar-refractivity contribution < 1.29 is 0 Å². The maximum Gasteiger partial charge on any atom is 0.0116 e. The van der Waals surface area contributed by atoms with Gasteiger partial charge in [-0.1, -0.05) is 0 Å². The second-order valence-electron chi connectivity index (χ2n) is 4.36. The van der Waals surface area contributed by atoms with Gasteiger partial charge >= 0.3 is 0 Å². The third-order valence-corrected chi connectivity index (χ3v) is 3.18. The molecule has 1 aliphatic carbocycles. The molecule has 1 N–H and O–H groups in total. The molecule has 0 atom stereocenters. The fourth-order valence-electron chi connectivity index (χ4n) is 2.10. The molecule has 0 aromatic rings. The van der Waals surface area contributed by atoms with Crippen LogP contribution in [0.4, 0.5) is 0 Å². The third kappa shape index (κ3) is 3.45. The summed E-state index contributed by atoms with van der Waals surface area (Å²) in [6.45, 7) is 3.80. The number of rotatable bonds is 3. The highest BCUT2D eigenvalue weighted by molar-refractivity contribution is 5.85. The molecule has 13 heavy (non-hydrogen) atoms. The topological polar surface area (TPSA) is 15.3 Å². The molecule has 0 unspecified atom stereocenters. The molecular weight excluding hydrogens is 184 g/mol. The lowest BCUT2D eigenvalue weighted by Gasteiger charge is -2.31. The molecule has 3 heteroatoms. The summed E-state index contributed by atoms with van der Waals surface area (Å²) < 4.78 is 0. The predicted molar refractivity (Wildman–Crippen MR) is 58.5 cm³/mol. The number of hydrogen-bond acceptors (Lipinski definition) is 2. The van der Waals surface area contributed by atoms with Crippen LogP contribution in [0.3, 0.4) is 0 Å². The van der Waals surface area contributed by atoms with Gasteiger partial charge in [0, 0.05) is 12.6 Å². The van der Waals surface area contributed by atoms with E-state index in [1.54, 1.807) is 0 Å². The van der Waals surface area contributed by atoms with Crippen LogP contribution in [0.5, 0.6) is 0 Å².